The van der Waals surface area contributed by atoms with Crippen LogP contribution in [0.3, 0.4) is 0 Å². The summed E-state index contributed by atoms with van der Waals surface area (Å²) >= 11 is 0. The van der Waals surface area contributed by atoms with E-state index in [1.165, 1.54) is 6.20 Å². The molecule has 1 aromatic heterocycles. The molecule has 0 spiro atoms. The number of carbonyl (C=O) groups excluding carboxylic acids is 1. The predicted octanol–water partition coefficient (Wildman–Crippen LogP) is 2.89. The van der Waals surface area contributed by atoms with Crippen molar-refractivity contribution in [3.63, 3.8) is 0 Å². The second-order valence-electron chi connectivity index (χ2n) is 5.56. The summed E-state index contributed by atoms with van der Waals surface area (Å²) < 4.78 is 11.0. The number of benzene rings is 1. The predicted molar refractivity (Wildman–Crippen MR) is 92.6 cm³/mol. The molecule has 0 saturated heterocycles. The maximum absolute atomic E-state index is 11.9. The van der Waals surface area contributed by atoms with Crippen LogP contribution in [0.25, 0.3) is 0 Å². The van der Waals surface area contributed by atoms with E-state index >= 15 is 0 Å². The molecule has 0 aliphatic rings. The number of nitrogens with zero attached hydrogens (tertiary/aromatic N) is 2. The fourth-order valence-electron chi connectivity index (χ4n) is 1.87. The van der Waals surface area contributed by atoms with Crippen molar-refractivity contribution in [3.05, 3.63) is 53.9 Å². The summed E-state index contributed by atoms with van der Waals surface area (Å²) in [6, 6.07) is 8.83. The zero-order valence-corrected chi connectivity index (χ0v) is 14.0. The lowest BCUT2D eigenvalue weighted by molar-refractivity contribution is 0.0955. The van der Waals surface area contributed by atoms with Crippen molar-refractivity contribution in [1.82, 2.24) is 10.4 Å². The van der Waals surface area contributed by atoms with E-state index in [9.17, 15) is 4.79 Å². The lowest BCUT2D eigenvalue weighted by Gasteiger charge is -2.12. The summed E-state index contributed by atoms with van der Waals surface area (Å²) in [4.78, 5) is 15.7. The summed E-state index contributed by atoms with van der Waals surface area (Å²) in [7, 11) is 1.59. The Morgan fingerprint density at radius 2 is 2.17 bits per heavy atom. The van der Waals surface area contributed by atoms with Crippen LogP contribution in [0.15, 0.2) is 47.8 Å². The van der Waals surface area contributed by atoms with Gasteiger partial charge in [-0.3, -0.25) is 9.78 Å². The molecule has 6 nitrogen and oxygen atoms in total. The van der Waals surface area contributed by atoms with Gasteiger partial charge >= 0.3 is 0 Å². The Kier molecular flexibility index (Phi) is 6.31. The average molecular weight is 327 g/mol. The zero-order valence-electron chi connectivity index (χ0n) is 14.0. The first-order chi connectivity index (χ1) is 11.6. The first-order valence-electron chi connectivity index (χ1n) is 7.64. The fraction of sp³-hybridized carbons (Fsp3) is 0.278. The molecule has 2 rings (SSSR count). The van der Waals surface area contributed by atoms with Gasteiger partial charge in [0, 0.05) is 12.4 Å². The smallest absolute Gasteiger partial charge is 0.272 e. The Morgan fingerprint density at radius 3 is 2.83 bits per heavy atom. The molecule has 126 valence electrons. The summed E-state index contributed by atoms with van der Waals surface area (Å²) in [5.41, 5.74) is 3.69. The van der Waals surface area contributed by atoms with Gasteiger partial charge in [0.2, 0.25) is 0 Å². The van der Waals surface area contributed by atoms with Crippen LogP contribution in [0.4, 0.5) is 0 Å². The highest BCUT2D eigenvalue weighted by Gasteiger charge is 2.06. The number of pyridine rings is 1. The molecule has 1 heterocycles. The van der Waals surface area contributed by atoms with Crippen LogP contribution >= 0.6 is 0 Å². The monoisotopic (exact) mass is 327 g/mol. The number of nitrogens with one attached hydrogen (secondary N) is 1. The van der Waals surface area contributed by atoms with Crippen LogP contribution in [-0.4, -0.2) is 30.8 Å². The lowest BCUT2D eigenvalue weighted by atomic mass is 10.2. The molecular weight excluding hydrogens is 306 g/mol. The van der Waals surface area contributed by atoms with E-state index in [4.69, 9.17) is 9.47 Å². The maximum Gasteiger partial charge on any atom is 0.272 e. The number of rotatable bonds is 7. The van der Waals surface area contributed by atoms with Crippen molar-refractivity contribution in [2.24, 2.45) is 11.0 Å². The minimum atomic E-state index is -0.316. The third-order valence-electron chi connectivity index (χ3n) is 3.06. The van der Waals surface area contributed by atoms with E-state index in [2.05, 4.69) is 29.4 Å². The Balaban J connectivity index is 2.00. The molecule has 0 aliphatic carbocycles. The van der Waals surface area contributed by atoms with Gasteiger partial charge in [0.15, 0.2) is 11.5 Å². The van der Waals surface area contributed by atoms with Gasteiger partial charge in [-0.2, -0.15) is 5.10 Å². The molecule has 0 radical (unpaired) electrons. The number of ether oxygens (including phenoxy) is 2. The van der Waals surface area contributed by atoms with Gasteiger partial charge in [0.05, 0.1) is 25.5 Å². The minimum Gasteiger partial charge on any atom is -0.493 e. The van der Waals surface area contributed by atoms with E-state index in [0.717, 1.165) is 5.56 Å². The van der Waals surface area contributed by atoms with E-state index < -0.39 is 0 Å². The van der Waals surface area contributed by atoms with Gasteiger partial charge in [-0.15, -0.1) is 0 Å². The van der Waals surface area contributed by atoms with Crippen molar-refractivity contribution in [2.75, 3.05) is 13.7 Å². The summed E-state index contributed by atoms with van der Waals surface area (Å²) in [6.45, 7) is 4.78. The summed E-state index contributed by atoms with van der Waals surface area (Å²) in [6.07, 6.45) is 4.63. The van der Waals surface area contributed by atoms with Crippen LogP contribution in [0.5, 0.6) is 11.5 Å². The number of aromatic nitrogens is 1. The van der Waals surface area contributed by atoms with Crippen LogP contribution in [-0.2, 0) is 0 Å². The van der Waals surface area contributed by atoms with E-state index in [1.807, 2.05) is 12.1 Å². The normalized spacial score (nSPS) is 10.8. The maximum atomic E-state index is 11.9. The first kappa shape index (κ1) is 17.5. The minimum absolute atomic E-state index is 0.316. The number of methoxy groups -OCH3 is 1. The highest BCUT2D eigenvalue weighted by molar-refractivity contribution is 5.94. The van der Waals surface area contributed by atoms with Crippen molar-refractivity contribution in [2.45, 2.75) is 13.8 Å². The molecule has 0 unspecified atom stereocenters. The standard InChI is InChI=1S/C18H21N3O3/c1-13(2)12-24-16-7-6-14(9-17(16)23-3)10-20-21-18(22)15-5-4-8-19-11-15/h4-11,13H,12H2,1-3H3,(H,21,22)/b20-10-. The van der Waals surface area contributed by atoms with Gasteiger partial charge in [0.1, 0.15) is 0 Å². The Bertz CT molecular complexity index is 700. The number of amides is 1. The third-order valence-corrected chi connectivity index (χ3v) is 3.06. The van der Waals surface area contributed by atoms with Crippen molar-refractivity contribution in [1.29, 1.82) is 0 Å². The lowest BCUT2D eigenvalue weighted by Crippen LogP contribution is -2.17. The van der Waals surface area contributed by atoms with Crippen LogP contribution in [0.1, 0.15) is 29.8 Å². The zero-order chi connectivity index (χ0) is 17.4. The Labute approximate surface area is 141 Å². The molecule has 0 saturated carbocycles. The molecule has 0 bridgehead atoms. The van der Waals surface area contributed by atoms with Gasteiger partial charge in [-0.1, -0.05) is 13.8 Å². The first-order valence-corrected chi connectivity index (χ1v) is 7.64. The van der Waals surface area contributed by atoms with Crippen molar-refractivity contribution >= 4 is 12.1 Å². The average Bonchev–Trinajstić information content (AvgIpc) is 2.61. The molecule has 1 amide bonds. The van der Waals surface area contributed by atoms with Crippen molar-refractivity contribution < 1.29 is 14.3 Å². The van der Waals surface area contributed by atoms with Gasteiger partial charge < -0.3 is 9.47 Å². The van der Waals surface area contributed by atoms with Crippen LogP contribution in [0.2, 0.25) is 0 Å². The highest BCUT2D eigenvalue weighted by Crippen LogP contribution is 2.27. The molecule has 0 atom stereocenters. The van der Waals surface area contributed by atoms with Crippen LogP contribution < -0.4 is 14.9 Å². The van der Waals surface area contributed by atoms with Gasteiger partial charge in [-0.05, 0) is 41.8 Å². The summed E-state index contributed by atoms with van der Waals surface area (Å²) in [5, 5.41) is 3.95. The van der Waals surface area contributed by atoms with Crippen molar-refractivity contribution in [3.8, 4) is 11.5 Å². The van der Waals surface area contributed by atoms with E-state index in [1.54, 1.807) is 37.7 Å². The fourth-order valence-corrected chi connectivity index (χ4v) is 1.87. The largest absolute Gasteiger partial charge is 0.493 e. The molecule has 0 fully saturated rings. The molecule has 1 N–H and O–H groups in total. The molecule has 2 aromatic rings. The van der Waals surface area contributed by atoms with Gasteiger partial charge in [-0.25, -0.2) is 5.43 Å². The topological polar surface area (TPSA) is 72.8 Å². The molecule has 0 aliphatic heterocycles. The number of hydrogen-bond donors (Lipinski definition) is 1. The highest BCUT2D eigenvalue weighted by atomic mass is 16.5. The molecule has 6 heteroatoms. The molecule has 24 heavy (non-hydrogen) atoms. The van der Waals surface area contributed by atoms with E-state index in [-0.39, 0.29) is 5.91 Å². The molecular formula is C18H21N3O3. The second-order valence-corrected chi connectivity index (χ2v) is 5.56. The molecule has 1 aromatic carbocycles. The Morgan fingerprint density at radius 1 is 1.33 bits per heavy atom. The van der Waals surface area contributed by atoms with Crippen LogP contribution in [0, 0.1) is 5.92 Å². The quantitative estimate of drug-likeness (QED) is 0.627. The van der Waals surface area contributed by atoms with Gasteiger partial charge in [0.25, 0.3) is 5.91 Å². The SMILES string of the molecule is COc1cc(/C=N\NC(=O)c2cccnc2)ccc1OCC(C)C. The number of carbonyl (C=O) groups is 1. The van der Waals surface area contributed by atoms with E-state index in [0.29, 0.717) is 29.6 Å². The summed E-state index contributed by atoms with van der Waals surface area (Å²) in [5.74, 6) is 1.42. The third kappa shape index (κ3) is 5.08. The second kappa shape index (κ2) is 8.67. The Hall–Kier alpha value is -2.89. The number of hydrazone groups is 1. The number of hydrogen-bond acceptors (Lipinski definition) is 5.